The molecule has 4 aromatic rings. The molecule has 260 valence electrons. The monoisotopic (exact) mass is 720 g/mol. The molecule has 0 unspecified atom stereocenters. The molecule has 0 aliphatic carbocycles. The molecular formula is C29H42Cl2N14O2S. The Hall–Kier alpha value is -4.74. The summed E-state index contributed by atoms with van der Waals surface area (Å²) < 4.78 is 16.3. The lowest BCUT2D eigenvalue weighted by atomic mass is 10.2. The Kier molecular flexibility index (Phi) is 17.0. The lowest BCUT2D eigenvalue weighted by molar-refractivity contribution is -0.657. The number of thiazole rings is 1. The van der Waals surface area contributed by atoms with E-state index < -0.39 is 0 Å². The lowest BCUT2D eigenvalue weighted by Gasteiger charge is -2.11. The molecule has 0 spiro atoms. The minimum absolute atomic E-state index is 0. The zero-order valence-corrected chi connectivity index (χ0v) is 31.3. The van der Waals surface area contributed by atoms with Crippen molar-refractivity contribution in [1.82, 2.24) is 14.6 Å². The van der Waals surface area contributed by atoms with Gasteiger partial charge < -0.3 is 39.2 Å². The highest BCUT2D eigenvalue weighted by molar-refractivity contribution is 7.13. The summed E-state index contributed by atoms with van der Waals surface area (Å²) in [4.78, 5) is 2.04. The van der Waals surface area contributed by atoms with Crippen LogP contribution in [-0.4, -0.2) is 71.1 Å². The number of azo groups is 2. The van der Waals surface area contributed by atoms with Crippen LogP contribution in [0, 0.1) is 0 Å². The second-order valence-corrected chi connectivity index (χ2v) is 11.2. The Morgan fingerprint density at radius 1 is 0.729 bits per heavy atom. The number of methoxy groups -OCH3 is 2. The third kappa shape index (κ3) is 11.8. The van der Waals surface area contributed by atoms with Gasteiger partial charge in [0, 0.05) is 80.7 Å². The molecule has 0 atom stereocenters. The molecule has 0 N–H and O–H groups in total. The average molecular weight is 722 g/mol. The van der Waals surface area contributed by atoms with E-state index in [2.05, 4.69) is 41.1 Å². The Morgan fingerprint density at radius 2 is 1.29 bits per heavy atom. The van der Waals surface area contributed by atoms with E-state index in [-0.39, 0.29) is 24.8 Å². The van der Waals surface area contributed by atoms with Crippen molar-refractivity contribution in [3.63, 3.8) is 0 Å². The fraction of sp³-hybridized carbons (Fsp3) is 0.379. The van der Waals surface area contributed by atoms with Crippen LogP contribution in [0.2, 0.25) is 0 Å². The number of aryl methyl sites for hydroxylation is 2. The van der Waals surface area contributed by atoms with Crippen LogP contribution in [0.4, 0.5) is 39.6 Å². The summed E-state index contributed by atoms with van der Waals surface area (Å²) in [7, 11) is 20.1. The van der Waals surface area contributed by atoms with Crippen molar-refractivity contribution in [3.05, 3.63) is 54.2 Å². The summed E-state index contributed by atoms with van der Waals surface area (Å²) in [5, 5.41) is 39.2. The maximum atomic E-state index is 5.38. The second-order valence-electron chi connectivity index (χ2n) is 10.3. The number of imidazole rings is 1. The highest BCUT2D eigenvalue weighted by Gasteiger charge is 2.16. The first-order valence-electron chi connectivity index (χ1n) is 14.0. The molecule has 16 nitrogen and oxygen atoms in total. The molecule has 2 heterocycles. The van der Waals surface area contributed by atoms with E-state index in [1.807, 2.05) is 110 Å². The summed E-state index contributed by atoms with van der Waals surface area (Å²) in [6.07, 6.45) is 3.80. The van der Waals surface area contributed by atoms with Gasteiger partial charge in [0.05, 0.1) is 53.1 Å². The molecule has 0 amide bonds. The minimum Gasteiger partial charge on any atom is -1.00 e. The fourth-order valence-corrected chi connectivity index (χ4v) is 4.33. The predicted octanol–water partition coefficient (Wildman–Crippen LogP) is 0.465. The Balaban J connectivity index is 0.000000462. The van der Waals surface area contributed by atoms with Crippen molar-refractivity contribution < 1.29 is 43.4 Å². The smallest absolute Gasteiger partial charge is 0.421 e. The van der Waals surface area contributed by atoms with E-state index >= 15 is 0 Å². The normalized spacial score (nSPS) is 11.0. The molecule has 0 aliphatic rings. The molecule has 2 aromatic carbocycles. The number of hydrogen-bond donors (Lipinski definition) is 0. The molecule has 0 radical (unpaired) electrons. The molecular weight excluding hydrogens is 679 g/mol. The largest absolute Gasteiger partial charge is 1.00 e. The molecule has 48 heavy (non-hydrogen) atoms. The van der Waals surface area contributed by atoms with Crippen molar-refractivity contribution in [2.45, 2.75) is 0 Å². The SMILES string of the molecule is CN(C)N=Nc1csc(N=Nc2ccc(N(C)C)cc2)[n+]1C.COc1cc(N=NN(C)C)c(OC)cc1N=Nc1n(C)cc[n+]1C.[Cl-].[Cl-]. The molecule has 19 heteroatoms. The summed E-state index contributed by atoms with van der Waals surface area (Å²) in [5.41, 5.74) is 3.04. The molecule has 0 fully saturated rings. The first-order valence-corrected chi connectivity index (χ1v) is 14.8. The van der Waals surface area contributed by atoms with Crippen LogP contribution in [0.3, 0.4) is 0 Å². The second kappa shape index (κ2) is 19.8. The van der Waals surface area contributed by atoms with Gasteiger partial charge in [0.1, 0.15) is 28.6 Å². The van der Waals surface area contributed by atoms with Crippen molar-refractivity contribution in [2.24, 2.45) is 62.3 Å². The van der Waals surface area contributed by atoms with Gasteiger partial charge in [0.25, 0.3) is 0 Å². The number of anilines is 1. The van der Waals surface area contributed by atoms with E-state index in [1.54, 1.807) is 50.5 Å². The number of halogens is 2. The molecule has 0 saturated carbocycles. The minimum atomic E-state index is 0. The zero-order chi connectivity index (χ0) is 33.8. The number of benzene rings is 2. The third-order valence-corrected chi connectivity index (χ3v) is 6.94. The summed E-state index contributed by atoms with van der Waals surface area (Å²) in [6.45, 7) is 0. The molecule has 0 bridgehead atoms. The summed E-state index contributed by atoms with van der Waals surface area (Å²) in [5.74, 6) is 2.51. The van der Waals surface area contributed by atoms with Crippen LogP contribution in [0.5, 0.6) is 11.5 Å². The predicted molar refractivity (Wildman–Crippen MR) is 177 cm³/mol. The number of rotatable bonds is 11. The highest BCUT2D eigenvalue weighted by atomic mass is 35.5. The number of aromatic nitrogens is 3. The van der Waals surface area contributed by atoms with Crippen LogP contribution >= 0.6 is 11.3 Å². The van der Waals surface area contributed by atoms with Gasteiger partial charge >= 0.3 is 16.9 Å². The third-order valence-electron chi connectivity index (χ3n) is 6.05. The van der Waals surface area contributed by atoms with Gasteiger partial charge in [0.15, 0.2) is 0 Å². The van der Waals surface area contributed by atoms with Crippen molar-refractivity contribution in [1.29, 1.82) is 0 Å². The van der Waals surface area contributed by atoms with E-state index in [0.29, 0.717) is 28.8 Å². The van der Waals surface area contributed by atoms with Gasteiger partial charge in [-0.15, -0.1) is 5.11 Å². The van der Waals surface area contributed by atoms with E-state index in [4.69, 9.17) is 9.47 Å². The van der Waals surface area contributed by atoms with Crippen LogP contribution < -0.4 is 48.3 Å². The zero-order valence-electron chi connectivity index (χ0n) is 28.9. The topological polar surface area (TPSA) is 140 Å². The first-order chi connectivity index (χ1) is 21.9. The van der Waals surface area contributed by atoms with E-state index in [0.717, 1.165) is 22.3 Å². The molecule has 0 saturated heterocycles. The quantitative estimate of drug-likeness (QED) is 0.126. The number of ether oxygens (including phenoxy) is 2. The fourth-order valence-electron chi connectivity index (χ4n) is 3.58. The Morgan fingerprint density at radius 3 is 1.79 bits per heavy atom. The van der Waals surface area contributed by atoms with E-state index in [1.165, 1.54) is 11.3 Å². The van der Waals surface area contributed by atoms with Crippen LogP contribution in [0.15, 0.2) is 95.3 Å². The van der Waals surface area contributed by atoms with Crippen molar-refractivity contribution in [2.75, 3.05) is 61.4 Å². The summed E-state index contributed by atoms with van der Waals surface area (Å²) in [6, 6.07) is 11.3. The van der Waals surface area contributed by atoms with Gasteiger partial charge in [-0.1, -0.05) is 26.8 Å². The van der Waals surface area contributed by atoms with Gasteiger partial charge in [-0.2, -0.15) is 0 Å². The van der Waals surface area contributed by atoms with E-state index in [9.17, 15) is 0 Å². The molecule has 0 aliphatic heterocycles. The number of nitrogens with zero attached hydrogens (tertiary/aromatic N) is 14. The Bertz CT molecular complexity index is 1680. The van der Waals surface area contributed by atoms with Gasteiger partial charge in [-0.25, -0.2) is 13.7 Å². The maximum Gasteiger partial charge on any atom is 0.421 e. The molecule has 2 aromatic heterocycles. The maximum absolute atomic E-state index is 5.38. The molecule has 4 rings (SSSR count). The lowest BCUT2D eigenvalue weighted by Crippen LogP contribution is -3.00. The average Bonchev–Trinajstić information content (AvgIpc) is 3.55. The van der Waals surface area contributed by atoms with Crippen LogP contribution in [0.1, 0.15) is 0 Å². The van der Waals surface area contributed by atoms with Crippen molar-refractivity contribution in [3.8, 4) is 11.5 Å². The number of hydrogen-bond acceptors (Lipinski definition) is 12. The van der Waals surface area contributed by atoms with Crippen LogP contribution in [-0.2, 0) is 21.1 Å². The Labute approximate surface area is 297 Å². The summed E-state index contributed by atoms with van der Waals surface area (Å²) >= 11 is 1.48. The first kappa shape index (κ1) is 41.3. The van der Waals surface area contributed by atoms with Crippen LogP contribution in [0.25, 0.3) is 0 Å². The highest BCUT2D eigenvalue weighted by Crippen LogP contribution is 2.40. The standard InChI is InChI=1S/C15H22N7O2.C14H20N7S.2ClH/c1-20(2)19-17-12-10-13(23-5)11(9-14(12)24-6)16-18-15-21(3)7-8-22(15)4;1-19(2)12-8-6-11(7-9-12)15-17-14-21(5)13(10-22-14)16-18-20(3)4;;/h7-10H,1-6H3;6-10H,1-5H3;2*1H/q2*+1;;/p-2. The van der Waals surface area contributed by atoms with Gasteiger partial charge in [-0.05, 0) is 24.3 Å². The van der Waals surface area contributed by atoms with Crippen molar-refractivity contribution >= 4 is 51.0 Å². The van der Waals surface area contributed by atoms with Gasteiger partial charge in [-0.3, -0.25) is 10.0 Å². The van der Waals surface area contributed by atoms with Gasteiger partial charge in [0.2, 0.25) is 0 Å².